The molecule has 0 bridgehead atoms. The molecule has 1 atom stereocenters. The number of methoxy groups -OCH3 is 1. The average Bonchev–Trinajstić information content (AvgIpc) is 2.84. The van der Waals surface area contributed by atoms with Gasteiger partial charge in [0, 0.05) is 18.8 Å². The molecular formula is C24H27N3O5. The molecule has 0 spiro atoms. The summed E-state index contributed by atoms with van der Waals surface area (Å²) >= 11 is 0. The van der Waals surface area contributed by atoms with E-state index in [0.717, 1.165) is 38.0 Å². The molecule has 2 aliphatic rings. The number of carbonyl (C=O) groups excluding carboxylic acids is 3. The Morgan fingerprint density at radius 2 is 1.75 bits per heavy atom. The zero-order chi connectivity index (χ0) is 22.5. The van der Waals surface area contributed by atoms with Gasteiger partial charge in [-0.2, -0.15) is 0 Å². The van der Waals surface area contributed by atoms with Gasteiger partial charge in [0.1, 0.15) is 5.75 Å². The van der Waals surface area contributed by atoms with Crippen LogP contribution in [0.1, 0.15) is 29.6 Å². The molecule has 2 aromatic rings. The van der Waals surface area contributed by atoms with Crippen LogP contribution >= 0.6 is 0 Å². The Morgan fingerprint density at radius 3 is 2.47 bits per heavy atom. The van der Waals surface area contributed by atoms with Crippen molar-refractivity contribution in [2.45, 2.75) is 25.4 Å². The van der Waals surface area contributed by atoms with Gasteiger partial charge in [-0.1, -0.05) is 12.1 Å². The number of piperidine rings is 1. The molecule has 32 heavy (non-hydrogen) atoms. The standard InChI is InChI=1S/C24H27N3O5/c1-31-24(30)17-9-11-18(12-10-17)25-22(28)16-27-15-21(23(29)26-13-5-2-6-14-26)32-20-8-4-3-7-19(20)27/h3-4,7-12,21H,2,5-6,13-16H2,1H3,(H,25,28)/t21-/m1/s1. The molecule has 2 aromatic carbocycles. The Labute approximate surface area is 187 Å². The number of anilines is 2. The Balaban J connectivity index is 1.44. The second-order valence-electron chi connectivity index (χ2n) is 7.96. The van der Waals surface area contributed by atoms with Gasteiger partial charge in [-0.25, -0.2) is 4.79 Å². The van der Waals surface area contributed by atoms with E-state index in [4.69, 9.17) is 4.74 Å². The third-order valence-electron chi connectivity index (χ3n) is 5.73. The lowest BCUT2D eigenvalue weighted by molar-refractivity contribution is -0.139. The van der Waals surface area contributed by atoms with Crippen molar-refractivity contribution < 1.29 is 23.9 Å². The predicted molar refractivity (Wildman–Crippen MR) is 120 cm³/mol. The molecule has 0 radical (unpaired) electrons. The number of esters is 1. The minimum Gasteiger partial charge on any atom is -0.477 e. The van der Waals surface area contributed by atoms with E-state index in [1.54, 1.807) is 24.3 Å². The monoisotopic (exact) mass is 437 g/mol. The molecule has 2 amide bonds. The van der Waals surface area contributed by atoms with Gasteiger partial charge in [0.2, 0.25) is 5.91 Å². The third-order valence-corrected chi connectivity index (χ3v) is 5.73. The van der Waals surface area contributed by atoms with Gasteiger partial charge in [0.05, 0.1) is 31.5 Å². The van der Waals surface area contributed by atoms with Crippen LogP contribution in [-0.4, -0.2) is 62.1 Å². The van der Waals surface area contributed by atoms with E-state index in [-0.39, 0.29) is 18.4 Å². The summed E-state index contributed by atoms with van der Waals surface area (Å²) in [6, 6.07) is 13.9. The topological polar surface area (TPSA) is 88.2 Å². The zero-order valence-electron chi connectivity index (χ0n) is 18.1. The number of rotatable bonds is 5. The number of fused-ring (bicyclic) bond motifs is 1. The summed E-state index contributed by atoms with van der Waals surface area (Å²) in [6.07, 6.45) is 2.52. The molecular weight excluding hydrogens is 410 g/mol. The summed E-state index contributed by atoms with van der Waals surface area (Å²) < 4.78 is 10.7. The number of ether oxygens (including phenoxy) is 2. The zero-order valence-corrected chi connectivity index (χ0v) is 18.1. The normalized spacial score (nSPS) is 17.7. The second kappa shape index (κ2) is 9.72. The molecule has 4 rings (SSSR count). The van der Waals surface area contributed by atoms with E-state index < -0.39 is 12.1 Å². The number of carbonyl (C=O) groups is 3. The number of amides is 2. The number of nitrogens with one attached hydrogen (secondary N) is 1. The lowest BCUT2D eigenvalue weighted by Gasteiger charge is -2.38. The first-order valence-corrected chi connectivity index (χ1v) is 10.8. The molecule has 2 aliphatic heterocycles. The molecule has 1 saturated heterocycles. The first-order valence-electron chi connectivity index (χ1n) is 10.8. The van der Waals surface area contributed by atoms with Crippen molar-refractivity contribution in [2.75, 3.05) is 43.5 Å². The van der Waals surface area contributed by atoms with Crippen LogP contribution in [0.15, 0.2) is 48.5 Å². The number of likely N-dealkylation sites (tertiary alicyclic amines) is 1. The van der Waals surface area contributed by atoms with Crippen molar-refractivity contribution in [3.63, 3.8) is 0 Å². The van der Waals surface area contributed by atoms with E-state index in [0.29, 0.717) is 23.5 Å². The third kappa shape index (κ3) is 4.85. The average molecular weight is 437 g/mol. The van der Waals surface area contributed by atoms with Crippen LogP contribution < -0.4 is 15.0 Å². The maximum absolute atomic E-state index is 13.0. The van der Waals surface area contributed by atoms with Crippen molar-refractivity contribution in [1.29, 1.82) is 0 Å². The molecule has 8 heteroatoms. The van der Waals surface area contributed by atoms with Crippen LogP contribution in [-0.2, 0) is 14.3 Å². The minimum absolute atomic E-state index is 0.0250. The summed E-state index contributed by atoms with van der Waals surface area (Å²) in [5.41, 5.74) is 1.77. The smallest absolute Gasteiger partial charge is 0.337 e. The molecule has 0 aliphatic carbocycles. The second-order valence-corrected chi connectivity index (χ2v) is 7.96. The number of para-hydroxylation sites is 2. The van der Waals surface area contributed by atoms with Crippen LogP contribution in [0.4, 0.5) is 11.4 Å². The summed E-state index contributed by atoms with van der Waals surface area (Å²) in [7, 11) is 1.32. The number of benzene rings is 2. The van der Waals surface area contributed by atoms with Gasteiger partial charge in [-0.15, -0.1) is 0 Å². The Bertz CT molecular complexity index is 985. The van der Waals surface area contributed by atoms with Crippen LogP contribution in [0.25, 0.3) is 0 Å². The Morgan fingerprint density at radius 1 is 1.03 bits per heavy atom. The first-order chi connectivity index (χ1) is 15.5. The van der Waals surface area contributed by atoms with Crippen molar-refractivity contribution >= 4 is 29.2 Å². The minimum atomic E-state index is -0.643. The first kappa shape index (κ1) is 21.7. The molecule has 8 nitrogen and oxygen atoms in total. The van der Waals surface area contributed by atoms with Crippen molar-refractivity contribution in [1.82, 2.24) is 4.90 Å². The molecule has 1 N–H and O–H groups in total. The highest BCUT2D eigenvalue weighted by Gasteiger charge is 2.34. The van der Waals surface area contributed by atoms with Gasteiger partial charge in [0.15, 0.2) is 6.10 Å². The lowest BCUT2D eigenvalue weighted by atomic mass is 10.1. The van der Waals surface area contributed by atoms with Gasteiger partial charge in [-0.05, 0) is 55.7 Å². The van der Waals surface area contributed by atoms with Crippen LogP contribution in [0.5, 0.6) is 5.75 Å². The summed E-state index contributed by atoms with van der Waals surface area (Å²) in [5, 5.41) is 2.84. The van der Waals surface area contributed by atoms with Crippen LogP contribution in [0, 0.1) is 0 Å². The molecule has 168 valence electrons. The Hall–Kier alpha value is -3.55. The largest absolute Gasteiger partial charge is 0.477 e. The molecule has 0 unspecified atom stereocenters. The molecule has 1 fully saturated rings. The Kier molecular flexibility index (Phi) is 6.58. The maximum Gasteiger partial charge on any atom is 0.337 e. The quantitative estimate of drug-likeness (QED) is 0.724. The number of hydrogen-bond donors (Lipinski definition) is 1. The molecule has 0 saturated carbocycles. The van der Waals surface area contributed by atoms with Crippen LogP contribution in [0.3, 0.4) is 0 Å². The number of hydrogen-bond acceptors (Lipinski definition) is 6. The van der Waals surface area contributed by atoms with Gasteiger partial charge < -0.3 is 24.6 Å². The maximum atomic E-state index is 13.0. The highest BCUT2D eigenvalue weighted by Crippen LogP contribution is 2.33. The fraction of sp³-hybridized carbons (Fsp3) is 0.375. The van der Waals surface area contributed by atoms with E-state index >= 15 is 0 Å². The summed E-state index contributed by atoms with van der Waals surface area (Å²) in [4.78, 5) is 41.1. The SMILES string of the molecule is COC(=O)c1ccc(NC(=O)CN2C[C@H](C(=O)N3CCCCC3)Oc3ccccc32)cc1. The summed E-state index contributed by atoms with van der Waals surface area (Å²) in [5.74, 6) is -0.0822. The lowest BCUT2D eigenvalue weighted by Crippen LogP contribution is -2.52. The van der Waals surface area contributed by atoms with Crippen molar-refractivity contribution in [3.05, 3.63) is 54.1 Å². The van der Waals surface area contributed by atoms with Crippen molar-refractivity contribution in [2.24, 2.45) is 0 Å². The van der Waals surface area contributed by atoms with E-state index in [1.165, 1.54) is 7.11 Å². The fourth-order valence-corrected chi connectivity index (χ4v) is 4.08. The molecule has 2 heterocycles. The van der Waals surface area contributed by atoms with E-state index in [1.807, 2.05) is 34.1 Å². The molecule has 0 aromatic heterocycles. The number of nitrogens with zero attached hydrogens (tertiary/aromatic N) is 2. The predicted octanol–water partition coefficient (Wildman–Crippen LogP) is 2.69. The van der Waals surface area contributed by atoms with Gasteiger partial charge >= 0.3 is 5.97 Å². The van der Waals surface area contributed by atoms with Gasteiger partial charge in [0.25, 0.3) is 5.91 Å². The van der Waals surface area contributed by atoms with E-state index in [9.17, 15) is 14.4 Å². The fourth-order valence-electron chi connectivity index (χ4n) is 4.08. The van der Waals surface area contributed by atoms with Gasteiger partial charge in [-0.3, -0.25) is 9.59 Å². The highest BCUT2D eigenvalue weighted by molar-refractivity contribution is 5.96. The van der Waals surface area contributed by atoms with E-state index in [2.05, 4.69) is 10.1 Å². The summed E-state index contributed by atoms with van der Waals surface area (Å²) in [6.45, 7) is 1.88. The highest BCUT2D eigenvalue weighted by atomic mass is 16.5. The van der Waals surface area contributed by atoms with Crippen LogP contribution in [0.2, 0.25) is 0 Å². The van der Waals surface area contributed by atoms with Crippen molar-refractivity contribution in [3.8, 4) is 5.75 Å².